The van der Waals surface area contributed by atoms with E-state index in [2.05, 4.69) is 0 Å². The summed E-state index contributed by atoms with van der Waals surface area (Å²) in [5.41, 5.74) is -0.573. The standard InChI is InChI=1S/C9H16N2O3/c1-5(12)3-7(10)9(14)8(11)4-6(2)13/h5-6,10-13H,3-4H2,1-2H3/t5-,6-/m1/s1. The molecule has 0 saturated carbocycles. The van der Waals surface area contributed by atoms with E-state index in [4.69, 9.17) is 21.0 Å². The highest BCUT2D eigenvalue weighted by atomic mass is 16.3. The fourth-order valence-corrected chi connectivity index (χ4v) is 0.958. The Kier molecular flexibility index (Phi) is 5.19. The van der Waals surface area contributed by atoms with E-state index in [0.717, 1.165) is 0 Å². The number of aliphatic hydroxyl groups is 2. The van der Waals surface area contributed by atoms with Crippen molar-refractivity contribution < 1.29 is 15.0 Å². The SMILES string of the molecule is C[C@@H](O)CC(=N)C(=O)C(=N)C[C@@H](C)O. The molecule has 0 unspecified atom stereocenters. The minimum absolute atomic E-state index is 0.0545. The van der Waals surface area contributed by atoms with Gasteiger partial charge in [0.15, 0.2) is 0 Å². The zero-order valence-corrected chi connectivity index (χ0v) is 8.37. The molecule has 0 bridgehead atoms. The molecule has 0 radical (unpaired) electrons. The lowest BCUT2D eigenvalue weighted by Crippen LogP contribution is -2.27. The van der Waals surface area contributed by atoms with E-state index in [9.17, 15) is 4.79 Å². The van der Waals surface area contributed by atoms with Crippen LogP contribution >= 0.6 is 0 Å². The summed E-state index contributed by atoms with van der Waals surface area (Å²) in [6.45, 7) is 2.94. The van der Waals surface area contributed by atoms with Gasteiger partial charge in [-0.15, -0.1) is 0 Å². The number of hydrogen-bond donors (Lipinski definition) is 4. The summed E-state index contributed by atoms with van der Waals surface area (Å²) >= 11 is 0. The van der Waals surface area contributed by atoms with Crippen LogP contribution in [-0.4, -0.2) is 39.6 Å². The fraction of sp³-hybridized carbons (Fsp3) is 0.667. The topological polar surface area (TPSA) is 105 Å². The second-order valence-electron chi connectivity index (χ2n) is 3.39. The Morgan fingerprint density at radius 3 is 1.57 bits per heavy atom. The molecular formula is C9H16N2O3. The van der Waals surface area contributed by atoms with Gasteiger partial charge in [-0.25, -0.2) is 0 Å². The van der Waals surface area contributed by atoms with Crippen molar-refractivity contribution in [1.82, 2.24) is 0 Å². The van der Waals surface area contributed by atoms with E-state index in [-0.39, 0.29) is 24.3 Å². The molecule has 14 heavy (non-hydrogen) atoms. The molecule has 0 rings (SSSR count). The number of ketones is 1. The van der Waals surface area contributed by atoms with Gasteiger partial charge in [-0.2, -0.15) is 0 Å². The van der Waals surface area contributed by atoms with Gasteiger partial charge in [0, 0.05) is 12.8 Å². The van der Waals surface area contributed by atoms with Crippen LogP contribution in [0.1, 0.15) is 26.7 Å². The summed E-state index contributed by atoms with van der Waals surface area (Å²) in [5.74, 6) is -0.702. The van der Waals surface area contributed by atoms with Crippen LogP contribution in [-0.2, 0) is 4.79 Å². The summed E-state index contributed by atoms with van der Waals surface area (Å²) in [7, 11) is 0. The molecule has 0 aromatic carbocycles. The Bertz CT molecular complexity index is 222. The molecule has 0 aliphatic rings. The van der Waals surface area contributed by atoms with Gasteiger partial charge in [-0.3, -0.25) is 4.79 Å². The molecule has 0 aliphatic heterocycles. The minimum atomic E-state index is -0.759. The van der Waals surface area contributed by atoms with Crippen molar-refractivity contribution >= 4 is 17.2 Å². The molecule has 0 amide bonds. The van der Waals surface area contributed by atoms with E-state index in [1.165, 1.54) is 13.8 Å². The van der Waals surface area contributed by atoms with Crippen LogP contribution in [0.25, 0.3) is 0 Å². The molecule has 0 aromatic rings. The predicted octanol–water partition coefficient (Wildman–Crippen LogP) is 0.137. The maximum Gasteiger partial charge on any atom is 0.220 e. The van der Waals surface area contributed by atoms with Crippen LogP contribution in [0.3, 0.4) is 0 Å². The number of hydrogen-bond acceptors (Lipinski definition) is 5. The smallest absolute Gasteiger partial charge is 0.220 e. The van der Waals surface area contributed by atoms with Gasteiger partial charge < -0.3 is 21.0 Å². The molecule has 4 N–H and O–H groups in total. The first-order valence-corrected chi connectivity index (χ1v) is 4.40. The van der Waals surface area contributed by atoms with Crippen molar-refractivity contribution in [3.63, 3.8) is 0 Å². The summed E-state index contributed by atoms with van der Waals surface area (Å²) < 4.78 is 0. The Labute approximate surface area is 82.8 Å². The van der Waals surface area contributed by atoms with E-state index in [1.807, 2.05) is 0 Å². The van der Waals surface area contributed by atoms with Crippen molar-refractivity contribution in [2.45, 2.75) is 38.9 Å². The molecule has 0 fully saturated rings. The third-order valence-electron chi connectivity index (χ3n) is 1.55. The molecule has 0 saturated heterocycles. The van der Waals surface area contributed by atoms with Crippen LogP contribution in [0.15, 0.2) is 0 Å². The lowest BCUT2D eigenvalue weighted by atomic mass is 10.0. The molecule has 5 nitrogen and oxygen atoms in total. The van der Waals surface area contributed by atoms with E-state index >= 15 is 0 Å². The Hall–Kier alpha value is -1.07. The second-order valence-corrected chi connectivity index (χ2v) is 3.39. The third-order valence-corrected chi connectivity index (χ3v) is 1.55. The van der Waals surface area contributed by atoms with Crippen LogP contribution in [0.5, 0.6) is 0 Å². The molecule has 0 aliphatic carbocycles. The van der Waals surface area contributed by atoms with Crippen molar-refractivity contribution in [1.29, 1.82) is 10.8 Å². The maximum atomic E-state index is 11.2. The molecule has 0 spiro atoms. The first-order chi connectivity index (χ1) is 6.34. The maximum absolute atomic E-state index is 11.2. The molecule has 0 aromatic heterocycles. The summed E-state index contributed by atoms with van der Waals surface area (Å²) in [6, 6.07) is 0. The van der Waals surface area contributed by atoms with Crippen molar-refractivity contribution in [2.24, 2.45) is 0 Å². The van der Waals surface area contributed by atoms with Gasteiger partial charge in [0.1, 0.15) is 0 Å². The highest BCUT2D eigenvalue weighted by Gasteiger charge is 2.18. The van der Waals surface area contributed by atoms with Gasteiger partial charge in [0.2, 0.25) is 5.78 Å². The van der Waals surface area contributed by atoms with Crippen LogP contribution < -0.4 is 0 Å². The monoisotopic (exact) mass is 200 g/mol. The molecular weight excluding hydrogens is 184 g/mol. The summed E-state index contributed by atoms with van der Waals surface area (Å²) in [6.07, 6.45) is -1.63. The summed E-state index contributed by atoms with van der Waals surface area (Å²) in [4.78, 5) is 11.2. The Morgan fingerprint density at radius 1 is 1.07 bits per heavy atom. The zero-order valence-electron chi connectivity index (χ0n) is 8.37. The van der Waals surface area contributed by atoms with Gasteiger partial charge in [-0.05, 0) is 13.8 Å². The normalized spacial score (nSPS) is 14.6. The highest BCUT2D eigenvalue weighted by Crippen LogP contribution is 1.99. The number of nitrogens with one attached hydrogen (secondary N) is 2. The largest absolute Gasteiger partial charge is 0.393 e. The highest BCUT2D eigenvalue weighted by molar-refractivity contribution is 6.65. The molecule has 80 valence electrons. The lowest BCUT2D eigenvalue weighted by Gasteiger charge is -2.07. The third kappa shape index (κ3) is 4.84. The first kappa shape index (κ1) is 12.9. The number of carbonyl (C=O) groups is 1. The van der Waals surface area contributed by atoms with Crippen molar-refractivity contribution in [3.05, 3.63) is 0 Å². The van der Waals surface area contributed by atoms with Crippen molar-refractivity contribution in [3.8, 4) is 0 Å². The average Bonchev–Trinajstić information content (AvgIpc) is 2.00. The number of carbonyl (C=O) groups excluding carboxylic acids is 1. The lowest BCUT2D eigenvalue weighted by molar-refractivity contribution is -0.107. The molecule has 5 heteroatoms. The van der Waals surface area contributed by atoms with E-state index < -0.39 is 18.0 Å². The predicted molar refractivity (Wildman–Crippen MR) is 53.1 cm³/mol. The molecule has 0 heterocycles. The first-order valence-electron chi connectivity index (χ1n) is 4.40. The van der Waals surface area contributed by atoms with Crippen LogP contribution in [0.4, 0.5) is 0 Å². The molecule has 2 atom stereocenters. The second kappa shape index (κ2) is 5.62. The van der Waals surface area contributed by atoms with E-state index in [1.54, 1.807) is 0 Å². The van der Waals surface area contributed by atoms with Crippen LogP contribution in [0.2, 0.25) is 0 Å². The average molecular weight is 200 g/mol. The van der Waals surface area contributed by atoms with Crippen LogP contribution in [0, 0.1) is 10.8 Å². The number of aliphatic hydroxyl groups excluding tert-OH is 2. The summed E-state index contributed by atoms with van der Waals surface area (Å²) in [5, 5.41) is 32.4. The Balaban J connectivity index is 4.19. The number of Topliss-reactive ketones (excluding diaryl/α,β-unsaturated/α-hetero) is 1. The van der Waals surface area contributed by atoms with Crippen molar-refractivity contribution in [2.75, 3.05) is 0 Å². The van der Waals surface area contributed by atoms with Gasteiger partial charge in [0.25, 0.3) is 0 Å². The quantitative estimate of drug-likeness (QED) is 0.458. The van der Waals surface area contributed by atoms with Gasteiger partial charge in [-0.1, -0.05) is 0 Å². The fourth-order valence-electron chi connectivity index (χ4n) is 0.958. The minimum Gasteiger partial charge on any atom is -0.393 e. The van der Waals surface area contributed by atoms with E-state index in [0.29, 0.717) is 0 Å². The van der Waals surface area contributed by atoms with Gasteiger partial charge >= 0.3 is 0 Å². The Morgan fingerprint density at radius 2 is 1.36 bits per heavy atom. The van der Waals surface area contributed by atoms with Gasteiger partial charge in [0.05, 0.1) is 23.6 Å². The zero-order chi connectivity index (χ0) is 11.3. The number of rotatable bonds is 6.